The molecule has 26 heavy (non-hydrogen) atoms. The molecule has 4 aliphatic rings. The van der Waals surface area contributed by atoms with E-state index in [1.165, 1.54) is 25.7 Å². The van der Waals surface area contributed by atoms with Crippen molar-refractivity contribution in [2.24, 2.45) is 39.9 Å². The molecule has 3 nitrogen and oxygen atoms in total. The molecule has 4 aliphatic carbocycles. The molecule has 0 saturated heterocycles. The molecular formula is C23H35O3-. The number of aliphatic carboxylic acids is 1. The molecule has 4 rings (SSSR count). The van der Waals surface area contributed by atoms with Crippen molar-refractivity contribution in [3.8, 4) is 0 Å². The molecule has 3 saturated carbocycles. The van der Waals surface area contributed by atoms with Crippen LogP contribution in [0.2, 0.25) is 0 Å². The Morgan fingerprint density at radius 3 is 2.50 bits per heavy atom. The maximum absolute atomic E-state index is 11.6. The van der Waals surface area contributed by atoms with Crippen LogP contribution in [0.3, 0.4) is 0 Å². The quantitative estimate of drug-likeness (QED) is 0.765. The average molecular weight is 360 g/mol. The maximum Gasteiger partial charge on any atom is 0.0596 e. The number of carboxylic acid groups (broad SMARTS) is 1. The third-order valence-electron chi connectivity index (χ3n) is 9.58. The normalized spacial score (nSPS) is 48.2. The lowest BCUT2D eigenvalue weighted by Gasteiger charge is -2.60. The molecule has 7 atom stereocenters. The van der Waals surface area contributed by atoms with E-state index in [2.05, 4.69) is 19.9 Å². The zero-order valence-electron chi connectivity index (χ0n) is 16.9. The lowest BCUT2D eigenvalue weighted by molar-refractivity contribution is -0.315. The van der Waals surface area contributed by atoms with Crippen molar-refractivity contribution in [2.75, 3.05) is 0 Å². The molecule has 0 aromatic heterocycles. The van der Waals surface area contributed by atoms with Crippen LogP contribution in [0.4, 0.5) is 0 Å². The molecule has 0 spiro atoms. The van der Waals surface area contributed by atoms with Gasteiger partial charge in [0.1, 0.15) is 0 Å². The highest BCUT2D eigenvalue weighted by molar-refractivity contribution is 5.75. The highest BCUT2D eigenvalue weighted by atomic mass is 16.4. The number of hydrogen-bond donors (Lipinski definition) is 1. The number of carbonyl (C=O) groups is 1. The van der Waals surface area contributed by atoms with Crippen molar-refractivity contribution >= 4 is 5.97 Å². The van der Waals surface area contributed by atoms with E-state index in [1.54, 1.807) is 13.8 Å². The molecule has 3 heteroatoms. The minimum Gasteiger partial charge on any atom is -0.549 e. The molecule has 0 aliphatic heterocycles. The van der Waals surface area contributed by atoms with E-state index in [9.17, 15) is 15.0 Å². The summed E-state index contributed by atoms with van der Waals surface area (Å²) in [5.41, 5.74) is 0.662. The number of carbonyl (C=O) groups excluding carboxylic acids is 1. The zero-order valence-corrected chi connectivity index (χ0v) is 16.9. The summed E-state index contributed by atoms with van der Waals surface area (Å²) in [6.07, 6.45) is 11.1. The molecule has 0 amide bonds. The van der Waals surface area contributed by atoms with E-state index in [0.717, 1.165) is 43.1 Å². The second-order valence-corrected chi connectivity index (χ2v) is 10.8. The Morgan fingerprint density at radius 1 is 1.12 bits per heavy atom. The third-order valence-corrected chi connectivity index (χ3v) is 9.58. The lowest BCUT2D eigenvalue weighted by atomic mass is 9.45. The number of allylic oxidation sites excluding steroid dienone is 1. The van der Waals surface area contributed by atoms with Crippen molar-refractivity contribution < 1.29 is 15.0 Å². The number of hydrogen-bond acceptors (Lipinski definition) is 3. The number of aliphatic hydroxyl groups is 1. The van der Waals surface area contributed by atoms with Crippen LogP contribution in [0.5, 0.6) is 0 Å². The summed E-state index contributed by atoms with van der Waals surface area (Å²) in [5.74, 6) is 1.80. The largest absolute Gasteiger partial charge is 0.549 e. The van der Waals surface area contributed by atoms with Crippen LogP contribution in [0.25, 0.3) is 0 Å². The molecule has 0 radical (unpaired) electrons. The minimum absolute atomic E-state index is 0.110. The van der Waals surface area contributed by atoms with Gasteiger partial charge in [-0.1, -0.05) is 39.3 Å². The molecule has 1 N–H and O–H groups in total. The predicted molar refractivity (Wildman–Crippen MR) is 100.0 cm³/mol. The fourth-order valence-corrected chi connectivity index (χ4v) is 7.49. The standard InChI is InChI=1S/C23H36O3/c1-21(2,20(25)26)14-9-11-22(3)15(13-14)5-6-16-17-7-8-19(24)23(17,4)12-10-18(16)22/h9,15-19,24H,5-8,10-13H2,1-4H3,(H,25,26)/p-1/t15-,16+,17-,18+,19-,22-,23-/m0/s1. The van der Waals surface area contributed by atoms with E-state index >= 15 is 0 Å². The third kappa shape index (κ3) is 2.38. The Bertz CT molecular complexity index is 635. The first-order chi connectivity index (χ1) is 12.1. The van der Waals surface area contributed by atoms with Crippen LogP contribution in [0, 0.1) is 39.9 Å². The second kappa shape index (κ2) is 5.83. The van der Waals surface area contributed by atoms with Crippen LogP contribution in [-0.4, -0.2) is 17.2 Å². The van der Waals surface area contributed by atoms with Gasteiger partial charge in [-0.25, -0.2) is 0 Å². The van der Waals surface area contributed by atoms with Gasteiger partial charge in [0.2, 0.25) is 0 Å². The fourth-order valence-electron chi connectivity index (χ4n) is 7.49. The van der Waals surface area contributed by atoms with Gasteiger partial charge < -0.3 is 15.0 Å². The average Bonchev–Trinajstić information content (AvgIpc) is 2.89. The van der Waals surface area contributed by atoms with Crippen LogP contribution in [0.1, 0.15) is 79.1 Å². The Hall–Kier alpha value is -0.830. The fraction of sp³-hybridized carbons (Fsp3) is 0.870. The van der Waals surface area contributed by atoms with Crippen molar-refractivity contribution in [3.05, 3.63) is 11.6 Å². The van der Waals surface area contributed by atoms with Crippen LogP contribution in [0.15, 0.2) is 11.6 Å². The first-order valence-electron chi connectivity index (χ1n) is 10.7. The maximum atomic E-state index is 11.6. The lowest BCUT2D eigenvalue weighted by Crippen LogP contribution is -2.53. The van der Waals surface area contributed by atoms with Crippen molar-refractivity contribution in [3.63, 3.8) is 0 Å². The number of rotatable bonds is 2. The van der Waals surface area contributed by atoms with Crippen LogP contribution >= 0.6 is 0 Å². The summed E-state index contributed by atoms with van der Waals surface area (Å²) in [6, 6.07) is 0. The zero-order chi connectivity index (χ0) is 18.9. The summed E-state index contributed by atoms with van der Waals surface area (Å²) in [5, 5.41) is 22.2. The second-order valence-electron chi connectivity index (χ2n) is 10.8. The number of fused-ring (bicyclic) bond motifs is 5. The van der Waals surface area contributed by atoms with Crippen molar-refractivity contribution in [1.82, 2.24) is 0 Å². The van der Waals surface area contributed by atoms with Gasteiger partial charge in [0, 0.05) is 5.41 Å². The monoisotopic (exact) mass is 359 g/mol. The SMILES string of the molecule is CC(C)(C(=O)[O-])C1=CC[C@@]2(C)[C@@H](CC[C@H]3[C@H]2CC[C@]2(C)[C@@H](O)CC[C@@H]32)C1. The smallest absolute Gasteiger partial charge is 0.0596 e. The molecule has 0 heterocycles. The van der Waals surface area contributed by atoms with Gasteiger partial charge in [0.05, 0.1) is 12.1 Å². The van der Waals surface area contributed by atoms with Crippen LogP contribution in [-0.2, 0) is 4.79 Å². The first kappa shape index (κ1) is 18.5. The Kier molecular flexibility index (Phi) is 4.16. The topological polar surface area (TPSA) is 60.4 Å². The van der Waals surface area contributed by atoms with E-state index in [1.807, 2.05) is 0 Å². The van der Waals surface area contributed by atoms with Gasteiger partial charge in [-0.15, -0.1) is 0 Å². The summed E-state index contributed by atoms with van der Waals surface area (Å²) >= 11 is 0. The Morgan fingerprint density at radius 2 is 1.81 bits per heavy atom. The highest BCUT2D eigenvalue weighted by Gasteiger charge is 2.59. The summed E-state index contributed by atoms with van der Waals surface area (Å²) in [4.78, 5) is 11.6. The van der Waals surface area contributed by atoms with Gasteiger partial charge in [-0.05, 0) is 85.9 Å². The van der Waals surface area contributed by atoms with Crippen molar-refractivity contribution in [2.45, 2.75) is 85.2 Å². The molecule has 0 unspecified atom stereocenters. The summed E-state index contributed by atoms with van der Waals surface area (Å²) < 4.78 is 0. The van der Waals surface area contributed by atoms with E-state index < -0.39 is 11.4 Å². The van der Waals surface area contributed by atoms with Crippen molar-refractivity contribution in [1.29, 1.82) is 0 Å². The first-order valence-corrected chi connectivity index (χ1v) is 10.7. The van der Waals surface area contributed by atoms with E-state index in [-0.39, 0.29) is 11.5 Å². The minimum atomic E-state index is -0.950. The number of aliphatic hydroxyl groups excluding tert-OH is 1. The summed E-state index contributed by atoms with van der Waals surface area (Å²) in [7, 11) is 0. The van der Waals surface area contributed by atoms with Gasteiger partial charge >= 0.3 is 0 Å². The molecular weight excluding hydrogens is 324 g/mol. The van der Waals surface area contributed by atoms with Gasteiger partial charge in [-0.2, -0.15) is 0 Å². The Balaban J connectivity index is 1.61. The van der Waals surface area contributed by atoms with E-state index in [4.69, 9.17) is 0 Å². The van der Waals surface area contributed by atoms with Crippen LogP contribution < -0.4 is 5.11 Å². The number of carboxylic acids is 1. The molecule has 3 fully saturated rings. The molecule has 0 aromatic rings. The predicted octanol–water partition coefficient (Wildman–Crippen LogP) is 3.70. The van der Waals surface area contributed by atoms with Gasteiger partial charge in [0.15, 0.2) is 0 Å². The summed E-state index contributed by atoms with van der Waals surface area (Å²) in [6.45, 7) is 8.41. The molecule has 0 bridgehead atoms. The molecule has 146 valence electrons. The van der Waals surface area contributed by atoms with Gasteiger partial charge in [0.25, 0.3) is 0 Å². The Labute approximate surface area is 158 Å². The highest BCUT2D eigenvalue weighted by Crippen LogP contribution is 2.66. The van der Waals surface area contributed by atoms with E-state index in [0.29, 0.717) is 17.3 Å². The molecule has 0 aromatic carbocycles. The van der Waals surface area contributed by atoms with Gasteiger partial charge in [-0.3, -0.25) is 0 Å².